The van der Waals surface area contributed by atoms with E-state index in [0.29, 0.717) is 16.6 Å². The van der Waals surface area contributed by atoms with Gasteiger partial charge in [-0.15, -0.1) is 11.3 Å². The van der Waals surface area contributed by atoms with Gasteiger partial charge in [0.1, 0.15) is 17.0 Å². The van der Waals surface area contributed by atoms with E-state index in [1.165, 1.54) is 11.3 Å². The molecule has 5 rings (SSSR count). The standard InChI is InChI=1S/C26H20N2O3S/c1-30-20-13-12-19-14-23(31-22(19)15-20)21-16-32-26(27-21)28-25(29)24(17-8-4-2-5-9-17)18-10-6-3-7-11-18/h2-16,24H,1H3,(H,27,28,29). The van der Waals surface area contributed by atoms with Gasteiger partial charge in [-0.3, -0.25) is 4.79 Å². The number of benzene rings is 3. The molecule has 3 aromatic carbocycles. The van der Waals surface area contributed by atoms with Crippen molar-refractivity contribution in [1.82, 2.24) is 4.98 Å². The molecule has 0 bridgehead atoms. The Labute approximate surface area is 189 Å². The Hall–Kier alpha value is -3.90. The SMILES string of the molecule is COc1ccc2cc(-c3csc(NC(=O)C(c4ccccc4)c4ccccc4)n3)oc2c1. The monoisotopic (exact) mass is 440 g/mol. The minimum Gasteiger partial charge on any atom is -0.497 e. The fourth-order valence-electron chi connectivity index (χ4n) is 3.67. The summed E-state index contributed by atoms with van der Waals surface area (Å²) in [6, 6.07) is 27.1. The van der Waals surface area contributed by atoms with E-state index >= 15 is 0 Å². The van der Waals surface area contributed by atoms with Gasteiger partial charge in [-0.2, -0.15) is 0 Å². The number of methoxy groups -OCH3 is 1. The minimum atomic E-state index is -0.427. The molecule has 5 nitrogen and oxygen atoms in total. The average molecular weight is 441 g/mol. The number of aromatic nitrogens is 1. The van der Waals surface area contributed by atoms with Crippen LogP contribution in [0.4, 0.5) is 5.13 Å². The van der Waals surface area contributed by atoms with E-state index in [9.17, 15) is 4.79 Å². The minimum absolute atomic E-state index is 0.127. The Kier molecular flexibility index (Phi) is 5.44. The van der Waals surface area contributed by atoms with Gasteiger partial charge in [0.2, 0.25) is 5.91 Å². The first-order chi connectivity index (χ1) is 15.7. The van der Waals surface area contributed by atoms with Crippen LogP contribution in [0.1, 0.15) is 17.0 Å². The van der Waals surface area contributed by atoms with E-state index in [0.717, 1.165) is 27.8 Å². The fraction of sp³-hybridized carbons (Fsp3) is 0.0769. The van der Waals surface area contributed by atoms with E-state index in [-0.39, 0.29) is 5.91 Å². The summed E-state index contributed by atoms with van der Waals surface area (Å²) in [6.07, 6.45) is 0. The number of carbonyl (C=O) groups is 1. The molecule has 0 aliphatic carbocycles. The predicted octanol–water partition coefficient (Wildman–Crippen LogP) is 6.34. The van der Waals surface area contributed by atoms with E-state index in [4.69, 9.17) is 9.15 Å². The third-order valence-corrected chi connectivity index (χ3v) is 6.00. The maximum absolute atomic E-state index is 13.3. The Bertz CT molecular complexity index is 1320. The Morgan fingerprint density at radius 1 is 0.969 bits per heavy atom. The second kappa shape index (κ2) is 8.69. The van der Waals surface area contributed by atoms with Crippen molar-refractivity contribution >= 4 is 33.3 Å². The van der Waals surface area contributed by atoms with Crippen molar-refractivity contribution in [1.29, 1.82) is 0 Å². The predicted molar refractivity (Wildman–Crippen MR) is 127 cm³/mol. The highest BCUT2D eigenvalue weighted by Gasteiger charge is 2.23. The summed E-state index contributed by atoms with van der Waals surface area (Å²) in [5, 5.41) is 6.36. The van der Waals surface area contributed by atoms with Gasteiger partial charge in [0, 0.05) is 16.8 Å². The number of hydrogen-bond donors (Lipinski definition) is 1. The molecule has 32 heavy (non-hydrogen) atoms. The zero-order valence-electron chi connectivity index (χ0n) is 17.3. The first-order valence-electron chi connectivity index (χ1n) is 10.2. The molecule has 158 valence electrons. The Morgan fingerprint density at radius 3 is 2.31 bits per heavy atom. The molecule has 0 fully saturated rings. The summed E-state index contributed by atoms with van der Waals surface area (Å²) in [4.78, 5) is 17.9. The number of rotatable bonds is 6. The zero-order valence-corrected chi connectivity index (χ0v) is 18.1. The average Bonchev–Trinajstić information content (AvgIpc) is 3.47. The van der Waals surface area contributed by atoms with Crippen molar-refractivity contribution in [3.8, 4) is 17.2 Å². The van der Waals surface area contributed by atoms with E-state index in [2.05, 4.69) is 10.3 Å². The van der Waals surface area contributed by atoms with Gasteiger partial charge in [-0.05, 0) is 29.3 Å². The Balaban J connectivity index is 1.41. The van der Waals surface area contributed by atoms with Crippen LogP contribution in [0.25, 0.3) is 22.4 Å². The summed E-state index contributed by atoms with van der Waals surface area (Å²) in [5.41, 5.74) is 3.26. The van der Waals surface area contributed by atoms with Crippen LogP contribution in [0.15, 0.2) is 94.7 Å². The zero-order chi connectivity index (χ0) is 21.9. The number of thiazole rings is 1. The van der Waals surface area contributed by atoms with Crippen LogP contribution in [0, 0.1) is 0 Å². The summed E-state index contributed by atoms with van der Waals surface area (Å²) in [5.74, 6) is 0.825. The van der Waals surface area contributed by atoms with Crippen LogP contribution in [-0.4, -0.2) is 18.0 Å². The molecule has 0 aliphatic heterocycles. The number of nitrogens with zero attached hydrogens (tertiary/aromatic N) is 1. The number of hydrogen-bond acceptors (Lipinski definition) is 5. The molecular formula is C26H20N2O3S. The molecule has 5 aromatic rings. The lowest BCUT2D eigenvalue weighted by Crippen LogP contribution is -2.22. The molecule has 0 radical (unpaired) electrons. The normalized spacial score (nSPS) is 11.1. The highest BCUT2D eigenvalue weighted by molar-refractivity contribution is 7.14. The van der Waals surface area contributed by atoms with Gasteiger partial charge >= 0.3 is 0 Å². The molecule has 6 heteroatoms. The molecule has 0 saturated heterocycles. The number of anilines is 1. The molecule has 0 saturated carbocycles. The first-order valence-corrected chi connectivity index (χ1v) is 11.0. The van der Waals surface area contributed by atoms with Crippen LogP contribution >= 0.6 is 11.3 Å². The molecule has 1 N–H and O–H groups in total. The molecule has 1 amide bonds. The highest BCUT2D eigenvalue weighted by atomic mass is 32.1. The highest BCUT2D eigenvalue weighted by Crippen LogP contribution is 2.33. The maximum Gasteiger partial charge on any atom is 0.238 e. The molecule has 0 aliphatic rings. The third-order valence-electron chi connectivity index (χ3n) is 5.24. The largest absolute Gasteiger partial charge is 0.497 e. The smallest absolute Gasteiger partial charge is 0.238 e. The lowest BCUT2D eigenvalue weighted by Gasteiger charge is -2.17. The number of nitrogens with one attached hydrogen (secondary N) is 1. The van der Waals surface area contributed by atoms with Gasteiger partial charge in [0.25, 0.3) is 0 Å². The maximum atomic E-state index is 13.3. The molecule has 2 aromatic heterocycles. The second-order valence-electron chi connectivity index (χ2n) is 7.30. The fourth-order valence-corrected chi connectivity index (χ4v) is 4.38. The number of ether oxygens (including phenoxy) is 1. The number of carbonyl (C=O) groups excluding carboxylic acids is 1. The van der Waals surface area contributed by atoms with Gasteiger partial charge < -0.3 is 14.5 Å². The van der Waals surface area contributed by atoms with Crippen LogP contribution in [-0.2, 0) is 4.79 Å². The lowest BCUT2D eigenvalue weighted by atomic mass is 9.90. The van der Waals surface area contributed by atoms with Crippen LogP contribution in [0.2, 0.25) is 0 Å². The molecule has 0 atom stereocenters. The van der Waals surface area contributed by atoms with Crippen molar-refractivity contribution in [2.75, 3.05) is 12.4 Å². The number of furan rings is 1. The van der Waals surface area contributed by atoms with Crippen molar-refractivity contribution in [2.45, 2.75) is 5.92 Å². The topological polar surface area (TPSA) is 64.4 Å². The summed E-state index contributed by atoms with van der Waals surface area (Å²) >= 11 is 1.37. The van der Waals surface area contributed by atoms with Gasteiger partial charge in [-0.1, -0.05) is 60.7 Å². The van der Waals surface area contributed by atoms with Gasteiger partial charge in [0.05, 0.1) is 13.0 Å². The molecule has 0 spiro atoms. The molecule has 2 heterocycles. The summed E-state index contributed by atoms with van der Waals surface area (Å²) < 4.78 is 11.2. The van der Waals surface area contributed by atoms with E-state index < -0.39 is 5.92 Å². The molecule has 0 unspecified atom stereocenters. The Morgan fingerprint density at radius 2 is 1.66 bits per heavy atom. The summed E-state index contributed by atoms with van der Waals surface area (Å²) in [6.45, 7) is 0. The van der Waals surface area contributed by atoms with E-state index in [1.54, 1.807) is 7.11 Å². The molecular weight excluding hydrogens is 420 g/mol. The van der Waals surface area contributed by atoms with Crippen molar-refractivity contribution in [3.05, 3.63) is 101 Å². The van der Waals surface area contributed by atoms with Crippen LogP contribution < -0.4 is 10.1 Å². The lowest BCUT2D eigenvalue weighted by molar-refractivity contribution is -0.116. The third kappa shape index (κ3) is 4.00. The number of fused-ring (bicyclic) bond motifs is 1. The van der Waals surface area contributed by atoms with Crippen molar-refractivity contribution in [2.24, 2.45) is 0 Å². The second-order valence-corrected chi connectivity index (χ2v) is 8.15. The van der Waals surface area contributed by atoms with Crippen molar-refractivity contribution < 1.29 is 13.9 Å². The van der Waals surface area contributed by atoms with Crippen molar-refractivity contribution in [3.63, 3.8) is 0 Å². The summed E-state index contributed by atoms with van der Waals surface area (Å²) in [7, 11) is 1.62. The van der Waals surface area contributed by atoms with E-state index in [1.807, 2.05) is 90.3 Å². The van der Waals surface area contributed by atoms with Crippen LogP contribution in [0.5, 0.6) is 5.75 Å². The first kappa shape index (κ1) is 20.0. The van der Waals surface area contributed by atoms with Crippen LogP contribution in [0.3, 0.4) is 0 Å². The van der Waals surface area contributed by atoms with Gasteiger partial charge in [0.15, 0.2) is 10.9 Å². The number of amides is 1. The van der Waals surface area contributed by atoms with Gasteiger partial charge in [-0.25, -0.2) is 4.98 Å². The quantitative estimate of drug-likeness (QED) is 0.335.